The molecule has 0 aromatic heterocycles. The Morgan fingerprint density at radius 1 is 1.29 bits per heavy atom. The molecule has 1 aliphatic carbocycles. The van der Waals surface area contributed by atoms with Crippen LogP contribution < -0.4 is 5.32 Å². The Hall–Kier alpha value is -0.530. The summed E-state index contributed by atoms with van der Waals surface area (Å²) in [6.45, 7) is 3.22. The van der Waals surface area contributed by atoms with E-state index in [0.29, 0.717) is 0 Å². The van der Waals surface area contributed by atoms with Crippen LogP contribution in [0.15, 0.2) is 24.3 Å². The molecule has 0 spiro atoms. The van der Waals surface area contributed by atoms with Crippen LogP contribution >= 0.6 is 12.4 Å². The van der Waals surface area contributed by atoms with Gasteiger partial charge < -0.3 is 5.32 Å². The molecule has 1 N–H and O–H groups in total. The molecule has 0 amide bonds. The highest BCUT2D eigenvalue weighted by Crippen LogP contribution is 2.18. The molecule has 0 unspecified atom stereocenters. The smallest absolute Gasteiger partial charge is 0.0210 e. The predicted octanol–water partition coefficient (Wildman–Crippen LogP) is 3.06. The van der Waals surface area contributed by atoms with Crippen molar-refractivity contribution in [2.24, 2.45) is 0 Å². The predicted molar refractivity (Wildman–Crippen MR) is 62.9 cm³/mol. The summed E-state index contributed by atoms with van der Waals surface area (Å²) in [6, 6.07) is 9.39. The summed E-state index contributed by atoms with van der Waals surface area (Å²) in [6.07, 6.45) is 4.14. The Bertz CT molecular complexity index is 281. The number of aryl methyl sites for hydroxylation is 1. The molecule has 2 heteroatoms. The molecule has 1 nitrogen and oxygen atoms in total. The SMILES string of the molecule is Cc1ccccc1CNC1CCC1.Cl. The zero-order valence-corrected chi connectivity index (χ0v) is 9.44. The maximum atomic E-state index is 3.58. The molecule has 1 saturated carbocycles. The minimum absolute atomic E-state index is 0. The Morgan fingerprint density at radius 3 is 2.57 bits per heavy atom. The van der Waals surface area contributed by atoms with E-state index < -0.39 is 0 Å². The van der Waals surface area contributed by atoms with E-state index in [9.17, 15) is 0 Å². The minimum Gasteiger partial charge on any atom is -0.310 e. The maximum Gasteiger partial charge on any atom is 0.0210 e. The van der Waals surface area contributed by atoms with Gasteiger partial charge in [-0.15, -0.1) is 12.4 Å². The Kier molecular flexibility index (Phi) is 4.43. The topological polar surface area (TPSA) is 12.0 Å². The second kappa shape index (κ2) is 5.38. The van der Waals surface area contributed by atoms with Crippen LogP contribution in [0.2, 0.25) is 0 Å². The second-order valence-electron chi connectivity index (χ2n) is 3.94. The third-order valence-corrected chi connectivity index (χ3v) is 2.95. The quantitative estimate of drug-likeness (QED) is 0.811. The van der Waals surface area contributed by atoms with Crippen molar-refractivity contribution in [1.82, 2.24) is 5.32 Å². The van der Waals surface area contributed by atoms with Gasteiger partial charge in [0.25, 0.3) is 0 Å². The van der Waals surface area contributed by atoms with Crippen molar-refractivity contribution in [1.29, 1.82) is 0 Å². The van der Waals surface area contributed by atoms with Gasteiger partial charge in [0.2, 0.25) is 0 Å². The lowest BCUT2D eigenvalue weighted by Crippen LogP contribution is -2.34. The molecule has 1 aromatic rings. The molecule has 0 radical (unpaired) electrons. The maximum absolute atomic E-state index is 3.58. The summed E-state index contributed by atoms with van der Waals surface area (Å²) >= 11 is 0. The standard InChI is InChI=1S/C12H17N.ClH/c1-10-5-2-3-6-11(10)9-13-12-7-4-8-12;/h2-3,5-6,12-13H,4,7-9H2,1H3;1H. The molecule has 0 aliphatic heterocycles. The normalized spacial score (nSPS) is 15.8. The summed E-state index contributed by atoms with van der Waals surface area (Å²) in [7, 11) is 0. The molecule has 78 valence electrons. The van der Waals surface area contributed by atoms with Crippen molar-refractivity contribution in [3.63, 3.8) is 0 Å². The van der Waals surface area contributed by atoms with Crippen molar-refractivity contribution >= 4 is 12.4 Å². The monoisotopic (exact) mass is 211 g/mol. The number of halogens is 1. The lowest BCUT2D eigenvalue weighted by molar-refractivity contribution is 0.338. The highest BCUT2D eigenvalue weighted by atomic mass is 35.5. The third kappa shape index (κ3) is 2.73. The summed E-state index contributed by atoms with van der Waals surface area (Å²) in [5.41, 5.74) is 2.84. The molecule has 1 aliphatic rings. The fourth-order valence-electron chi connectivity index (χ4n) is 1.68. The first kappa shape index (κ1) is 11.5. The van der Waals surface area contributed by atoms with E-state index in [2.05, 4.69) is 36.5 Å². The van der Waals surface area contributed by atoms with Crippen LogP contribution in [0.25, 0.3) is 0 Å². The van der Waals surface area contributed by atoms with Crippen molar-refractivity contribution < 1.29 is 0 Å². The fourth-order valence-corrected chi connectivity index (χ4v) is 1.68. The van der Waals surface area contributed by atoms with Crippen LogP contribution in [0.4, 0.5) is 0 Å². The van der Waals surface area contributed by atoms with Gasteiger partial charge in [-0.2, -0.15) is 0 Å². The van der Waals surface area contributed by atoms with E-state index in [1.54, 1.807) is 0 Å². The van der Waals surface area contributed by atoms with Crippen LogP contribution in [0.3, 0.4) is 0 Å². The molecule has 2 rings (SSSR count). The van der Waals surface area contributed by atoms with Crippen LogP contribution in [0.1, 0.15) is 30.4 Å². The van der Waals surface area contributed by atoms with Crippen LogP contribution in [0.5, 0.6) is 0 Å². The van der Waals surface area contributed by atoms with Gasteiger partial charge in [-0.05, 0) is 30.9 Å². The average Bonchev–Trinajstić information content (AvgIpc) is 2.05. The summed E-state index contributed by atoms with van der Waals surface area (Å²) in [5.74, 6) is 0. The molecule has 0 saturated heterocycles. The molecule has 0 bridgehead atoms. The van der Waals surface area contributed by atoms with Gasteiger partial charge in [-0.1, -0.05) is 30.7 Å². The average molecular weight is 212 g/mol. The number of hydrogen-bond donors (Lipinski definition) is 1. The van der Waals surface area contributed by atoms with Crippen molar-refractivity contribution in [3.05, 3.63) is 35.4 Å². The van der Waals surface area contributed by atoms with Crippen LogP contribution in [-0.2, 0) is 6.54 Å². The van der Waals surface area contributed by atoms with Crippen molar-refractivity contribution in [2.45, 2.75) is 38.8 Å². The van der Waals surface area contributed by atoms with E-state index in [0.717, 1.165) is 12.6 Å². The van der Waals surface area contributed by atoms with Crippen molar-refractivity contribution in [2.75, 3.05) is 0 Å². The zero-order valence-electron chi connectivity index (χ0n) is 8.62. The van der Waals surface area contributed by atoms with Gasteiger partial charge in [0, 0.05) is 12.6 Å². The Labute approximate surface area is 92.3 Å². The van der Waals surface area contributed by atoms with Gasteiger partial charge in [0.15, 0.2) is 0 Å². The highest BCUT2D eigenvalue weighted by molar-refractivity contribution is 5.85. The summed E-state index contributed by atoms with van der Waals surface area (Å²) in [4.78, 5) is 0. The first-order chi connectivity index (χ1) is 6.36. The van der Waals surface area contributed by atoms with Gasteiger partial charge in [-0.25, -0.2) is 0 Å². The van der Waals surface area contributed by atoms with Crippen molar-refractivity contribution in [3.8, 4) is 0 Å². The Morgan fingerprint density at radius 2 is 2.00 bits per heavy atom. The largest absolute Gasteiger partial charge is 0.310 e. The molecular weight excluding hydrogens is 194 g/mol. The third-order valence-electron chi connectivity index (χ3n) is 2.95. The van der Waals surface area contributed by atoms with E-state index in [1.165, 1.54) is 30.4 Å². The Balaban J connectivity index is 0.000000980. The lowest BCUT2D eigenvalue weighted by atomic mass is 9.93. The van der Waals surface area contributed by atoms with E-state index in [4.69, 9.17) is 0 Å². The van der Waals surface area contributed by atoms with Crippen LogP contribution in [-0.4, -0.2) is 6.04 Å². The fraction of sp³-hybridized carbons (Fsp3) is 0.500. The number of benzene rings is 1. The zero-order chi connectivity index (χ0) is 9.10. The molecule has 1 fully saturated rings. The van der Waals surface area contributed by atoms with Gasteiger partial charge in [-0.3, -0.25) is 0 Å². The number of nitrogens with one attached hydrogen (secondary N) is 1. The molecule has 0 atom stereocenters. The van der Waals surface area contributed by atoms with Gasteiger partial charge >= 0.3 is 0 Å². The first-order valence-corrected chi connectivity index (χ1v) is 5.14. The summed E-state index contributed by atoms with van der Waals surface area (Å²) in [5, 5.41) is 3.58. The number of hydrogen-bond acceptors (Lipinski definition) is 1. The lowest BCUT2D eigenvalue weighted by Gasteiger charge is -2.26. The van der Waals surface area contributed by atoms with Gasteiger partial charge in [0.1, 0.15) is 0 Å². The molecule has 14 heavy (non-hydrogen) atoms. The van der Waals surface area contributed by atoms with Gasteiger partial charge in [0.05, 0.1) is 0 Å². The van der Waals surface area contributed by atoms with E-state index in [1.807, 2.05) is 0 Å². The van der Waals surface area contributed by atoms with Crippen LogP contribution in [0, 0.1) is 6.92 Å². The summed E-state index contributed by atoms with van der Waals surface area (Å²) < 4.78 is 0. The molecular formula is C12H18ClN. The van der Waals surface area contributed by atoms with E-state index in [-0.39, 0.29) is 12.4 Å². The molecule has 0 heterocycles. The van der Waals surface area contributed by atoms with E-state index >= 15 is 0 Å². The molecule has 1 aromatic carbocycles. The minimum atomic E-state index is 0. The first-order valence-electron chi connectivity index (χ1n) is 5.14. The number of rotatable bonds is 3. The second-order valence-corrected chi connectivity index (χ2v) is 3.94. The highest BCUT2D eigenvalue weighted by Gasteiger charge is 2.16.